The van der Waals surface area contributed by atoms with E-state index in [0.717, 1.165) is 0 Å². The van der Waals surface area contributed by atoms with Crippen LogP contribution < -0.4 is 0 Å². The van der Waals surface area contributed by atoms with Crippen LogP contribution in [0, 0.1) is 0 Å². The molecule has 0 heterocycles. The Labute approximate surface area is 87.8 Å². The maximum atomic E-state index is 9.37. The van der Waals surface area contributed by atoms with E-state index in [-0.39, 0.29) is 28.6 Å². The second-order valence-corrected chi connectivity index (χ2v) is 2.54. The van der Waals surface area contributed by atoms with Gasteiger partial charge in [0.25, 0.3) is 0 Å². The summed E-state index contributed by atoms with van der Waals surface area (Å²) in [5.41, 5.74) is 0.700. The maximum Gasteiger partial charge on any atom is 0.317 e. The van der Waals surface area contributed by atoms with E-state index in [1.807, 2.05) is 18.2 Å². The second-order valence-electron chi connectivity index (χ2n) is 2.54. The predicted molar refractivity (Wildman–Crippen MR) is 49.7 cm³/mol. The molecule has 1 rings (SSSR count). The summed E-state index contributed by atoms with van der Waals surface area (Å²) in [5.74, 6) is 0.173. The summed E-state index contributed by atoms with van der Waals surface area (Å²) in [6, 6.07) is 9.06. The van der Waals surface area contributed by atoms with Crippen molar-refractivity contribution in [3.05, 3.63) is 42.0 Å². The molecule has 0 bridgehead atoms. The summed E-state index contributed by atoms with van der Waals surface area (Å²) < 4.78 is 0. The zero-order valence-electron chi connectivity index (χ0n) is 7.16. The number of aliphatic hydroxyl groups excluding tert-OH is 1. The number of allylic oxidation sites excluding steroid dienone is 1. The van der Waals surface area contributed by atoms with Gasteiger partial charge in [-0.1, -0.05) is 30.3 Å². The molecule has 0 aliphatic carbocycles. The summed E-state index contributed by atoms with van der Waals surface area (Å²) in [5, 5.41) is 9.37. The van der Waals surface area contributed by atoms with Crippen molar-refractivity contribution in [2.45, 2.75) is 6.92 Å². The minimum atomic E-state index is 0. The van der Waals surface area contributed by atoms with Crippen LogP contribution in [-0.2, 0) is 17.1 Å². The van der Waals surface area contributed by atoms with Crippen molar-refractivity contribution in [1.82, 2.24) is 0 Å². The van der Waals surface area contributed by atoms with Crippen LogP contribution >= 0.6 is 0 Å². The molecule has 3 heteroatoms. The number of carbonyl (C=O) groups excluding carboxylic acids is 1. The molecular weight excluding hydrogens is 216 g/mol. The van der Waals surface area contributed by atoms with Gasteiger partial charge in [-0.25, -0.2) is 0 Å². The molecule has 0 spiro atoms. The number of aliphatic hydroxyl groups is 1. The fraction of sp³-hybridized carbons (Fsp3) is 0.100. The fourth-order valence-corrected chi connectivity index (χ4v) is 0.890. The Morgan fingerprint density at radius 1 is 1.31 bits per heavy atom. The molecule has 0 aliphatic heterocycles. The van der Waals surface area contributed by atoms with E-state index in [0.29, 0.717) is 5.56 Å². The van der Waals surface area contributed by atoms with Gasteiger partial charge in [0.2, 0.25) is 0 Å². The molecule has 13 heavy (non-hydrogen) atoms. The van der Waals surface area contributed by atoms with E-state index in [1.54, 1.807) is 12.1 Å². The van der Waals surface area contributed by atoms with Gasteiger partial charge in [-0.3, -0.25) is 4.79 Å². The van der Waals surface area contributed by atoms with E-state index in [9.17, 15) is 5.11 Å². The number of hydrogen-bond acceptors (Lipinski definition) is 1. The Kier molecular flexibility index (Phi) is 5.12. The Bertz CT molecular complexity index is 304. The van der Waals surface area contributed by atoms with Gasteiger partial charge in [-0.05, 0) is 0 Å². The van der Waals surface area contributed by atoms with E-state index in [2.05, 4.69) is 0 Å². The molecule has 2 N–H and O–H groups in total. The van der Waals surface area contributed by atoms with Gasteiger partial charge in [-0.15, -0.1) is 0 Å². The SMILES string of the molecule is CC(=[OH+])/C=C(\O)c1ccccc1.[Cu]. The molecule has 0 saturated carbocycles. The van der Waals surface area contributed by atoms with Gasteiger partial charge in [0.05, 0.1) is 13.0 Å². The van der Waals surface area contributed by atoms with Crippen molar-refractivity contribution in [1.29, 1.82) is 0 Å². The van der Waals surface area contributed by atoms with Gasteiger partial charge in [0, 0.05) is 22.6 Å². The molecule has 0 saturated heterocycles. The molecule has 0 aliphatic rings. The number of ketones is 1. The van der Waals surface area contributed by atoms with Crippen LogP contribution in [0.4, 0.5) is 0 Å². The minimum Gasteiger partial charge on any atom is -0.507 e. The molecule has 0 fully saturated rings. The Morgan fingerprint density at radius 2 is 1.85 bits per heavy atom. The first-order chi connectivity index (χ1) is 5.70. The molecule has 0 atom stereocenters. The molecule has 2 nitrogen and oxygen atoms in total. The Balaban J connectivity index is 0.00000144. The van der Waals surface area contributed by atoms with Gasteiger partial charge >= 0.3 is 5.78 Å². The number of rotatable bonds is 2. The summed E-state index contributed by atoms with van der Waals surface area (Å²) in [6.45, 7) is 1.51. The predicted octanol–water partition coefficient (Wildman–Crippen LogP) is 2.15. The van der Waals surface area contributed by atoms with E-state index < -0.39 is 0 Å². The van der Waals surface area contributed by atoms with Crippen LogP contribution in [0.1, 0.15) is 12.5 Å². The number of benzene rings is 1. The average Bonchev–Trinajstić information content (AvgIpc) is 2.05. The molecule has 1 aromatic rings. The van der Waals surface area contributed by atoms with Crippen molar-refractivity contribution in [3.8, 4) is 0 Å². The summed E-state index contributed by atoms with van der Waals surface area (Å²) in [7, 11) is 0. The summed E-state index contributed by atoms with van der Waals surface area (Å²) >= 11 is 0. The van der Waals surface area contributed by atoms with Crippen LogP contribution in [0.2, 0.25) is 0 Å². The normalized spacial score (nSPS) is 10.4. The van der Waals surface area contributed by atoms with Crippen LogP contribution in [-0.4, -0.2) is 15.7 Å². The van der Waals surface area contributed by atoms with Crippen molar-refractivity contribution in [3.63, 3.8) is 0 Å². The number of hydrogen-bond donors (Lipinski definition) is 1. The summed E-state index contributed by atoms with van der Waals surface area (Å²) in [4.78, 5) is 8.86. The zero-order chi connectivity index (χ0) is 8.97. The quantitative estimate of drug-likeness (QED) is 0.357. The van der Waals surface area contributed by atoms with Crippen molar-refractivity contribution < 1.29 is 27.0 Å². The molecule has 1 radical (unpaired) electrons. The minimum absolute atomic E-state index is 0. The van der Waals surface area contributed by atoms with Crippen LogP contribution in [0.15, 0.2) is 36.4 Å². The maximum absolute atomic E-state index is 9.37. The second kappa shape index (κ2) is 5.57. The first kappa shape index (κ1) is 11.9. The van der Waals surface area contributed by atoms with Crippen molar-refractivity contribution in [2.75, 3.05) is 0 Å². The molecular formula is C10H11CuO2+. The largest absolute Gasteiger partial charge is 0.507 e. The monoisotopic (exact) mass is 226 g/mol. The van der Waals surface area contributed by atoms with Crippen molar-refractivity contribution >= 4 is 11.5 Å². The van der Waals surface area contributed by atoms with E-state index in [4.69, 9.17) is 4.79 Å². The summed E-state index contributed by atoms with van der Waals surface area (Å²) in [6.07, 6.45) is 1.31. The van der Waals surface area contributed by atoms with Gasteiger partial charge in [0.15, 0.2) is 0 Å². The van der Waals surface area contributed by atoms with Crippen LogP contribution in [0.3, 0.4) is 0 Å². The first-order valence-corrected chi connectivity index (χ1v) is 3.69. The fourth-order valence-electron chi connectivity index (χ4n) is 0.890. The average molecular weight is 227 g/mol. The third-order valence-corrected chi connectivity index (χ3v) is 1.42. The molecule has 0 aromatic heterocycles. The molecule has 0 amide bonds. The Morgan fingerprint density at radius 3 is 2.31 bits per heavy atom. The third kappa shape index (κ3) is 3.92. The van der Waals surface area contributed by atoms with Crippen LogP contribution in [0.25, 0.3) is 5.76 Å². The van der Waals surface area contributed by atoms with E-state index in [1.165, 1.54) is 13.0 Å². The van der Waals surface area contributed by atoms with Crippen molar-refractivity contribution in [2.24, 2.45) is 0 Å². The Hall–Kier alpha value is -1.05. The third-order valence-electron chi connectivity index (χ3n) is 1.42. The van der Waals surface area contributed by atoms with E-state index >= 15 is 0 Å². The standard InChI is InChI=1S/C10H10O2.Cu/c1-8(11)7-10(12)9-5-3-2-4-6-9;/h2-7,12H,1H3;/p+1/b10-7-;. The molecule has 1 aromatic carbocycles. The first-order valence-electron chi connectivity index (χ1n) is 3.69. The zero-order valence-corrected chi connectivity index (χ0v) is 8.10. The van der Waals surface area contributed by atoms with Gasteiger partial charge in [-0.2, -0.15) is 0 Å². The molecule has 73 valence electrons. The smallest absolute Gasteiger partial charge is 0.317 e. The van der Waals surface area contributed by atoms with Gasteiger partial charge in [0.1, 0.15) is 5.76 Å². The molecule has 0 unspecified atom stereocenters. The van der Waals surface area contributed by atoms with Gasteiger partial charge < -0.3 is 5.11 Å². The topological polar surface area (TPSA) is 41.6 Å². The van der Waals surface area contributed by atoms with Crippen LogP contribution in [0.5, 0.6) is 0 Å².